The topological polar surface area (TPSA) is 173 Å². The van der Waals surface area contributed by atoms with Crippen LogP contribution in [0.1, 0.15) is 99.0 Å². The number of hydrogen-bond donors (Lipinski definition) is 2. The van der Waals surface area contributed by atoms with Crippen molar-refractivity contribution in [3.05, 3.63) is 70.2 Å². The molecule has 1 amide bonds. The zero-order valence-electron chi connectivity index (χ0n) is 32.0. The first-order chi connectivity index (χ1) is 24.7. The van der Waals surface area contributed by atoms with Crippen LogP contribution in [-0.2, 0) is 33.3 Å². The Morgan fingerprint density at radius 2 is 1.57 bits per heavy atom. The van der Waals surface area contributed by atoms with Crippen LogP contribution in [0, 0.1) is 30.6 Å². The van der Waals surface area contributed by atoms with Crippen molar-refractivity contribution < 1.29 is 57.5 Å². The molecule has 0 spiro atoms. The van der Waals surface area contributed by atoms with Crippen LogP contribution in [0.15, 0.2) is 47.9 Å². The first-order valence-corrected chi connectivity index (χ1v) is 17.7. The van der Waals surface area contributed by atoms with Gasteiger partial charge in [-0.05, 0) is 33.8 Å². The Balaban J connectivity index is 1.62. The van der Waals surface area contributed by atoms with Crippen LogP contribution in [-0.4, -0.2) is 77.4 Å². The van der Waals surface area contributed by atoms with Gasteiger partial charge in [-0.15, -0.1) is 0 Å². The summed E-state index contributed by atoms with van der Waals surface area (Å²) in [7, 11) is 1.49. The van der Waals surface area contributed by atoms with Crippen LogP contribution in [0.3, 0.4) is 0 Å². The largest absolute Gasteiger partial charge is 0.507 e. The predicted octanol–water partition coefficient (Wildman–Crippen LogP) is 5.43. The predicted molar refractivity (Wildman–Crippen MR) is 191 cm³/mol. The number of allylic oxidation sites excluding steroid dienone is 4. The van der Waals surface area contributed by atoms with Gasteiger partial charge in [-0.25, -0.2) is 0 Å². The molecule has 5 aliphatic rings. The summed E-state index contributed by atoms with van der Waals surface area (Å²) >= 11 is 0. The number of carbonyl (C=O) groups is 5. The van der Waals surface area contributed by atoms with E-state index in [1.807, 2.05) is 47.6 Å². The Kier molecular flexibility index (Phi) is 11.0. The Hall–Kier alpha value is -4.59. The van der Waals surface area contributed by atoms with E-state index in [0.29, 0.717) is 0 Å². The lowest BCUT2D eigenvalue weighted by Crippen LogP contribution is -2.56. The van der Waals surface area contributed by atoms with E-state index in [0.717, 1.165) is 6.08 Å². The van der Waals surface area contributed by atoms with Gasteiger partial charge in [0.05, 0.1) is 47.0 Å². The average molecular weight is 736 g/mol. The number of ether oxygens (including phenoxy) is 6. The molecule has 1 saturated heterocycles. The lowest BCUT2D eigenvalue weighted by Gasteiger charge is -2.50. The summed E-state index contributed by atoms with van der Waals surface area (Å²) < 4.78 is 36.6. The highest BCUT2D eigenvalue weighted by Gasteiger charge is 2.52. The minimum Gasteiger partial charge on any atom is -0.507 e. The van der Waals surface area contributed by atoms with Crippen molar-refractivity contribution in [2.45, 2.75) is 105 Å². The molecule has 7 bridgehead atoms. The molecule has 286 valence electrons. The highest BCUT2D eigenvalue weighted by Crippen LogP contribution is 2.48. The quantitative estimate of drug-likeness (QED) is 0.370. The van der Waals surface area contributed by atoms with Gasteiger partial charge in [-0.2, -0.15) is 0 Å². The average Bonchev–Trinajstić information content (AvgIpc) is 3.35. The van der Waals surface area contributed by atoms with Gasteiger partial charge < -0.3 is 38.8 Å². The molecule has 0 radical (unpaired) electrons. The monoisotopic (exact) mass is 735 g/mol. The summed E-state index contributed by atoms with van der Waals surface area (Å²) in [4.78, 5) is 67.0. The summed E-state index contributed by atoms with van der Waals surface area (Å²) in [5, 5.41) is 13.7. The van der Waals surface area contributed by atoms with Crippen LogP contribution in [0.4, 0.5) is 0 Å². The van der Waals surface area contributed by atoms with E-state index in [4.69, 9.17) is 28.4 Å². The molecule has 1 aromatic rings. The van der Waals surface area contributed by atoms with Crippen LogP contribution in [0.5, 0.6) is 11.5 Å². The molecule has 9 atom stereocenters. The number of nitrogens with one attached hydrogen (secondary N) is 1. The van der Waals surface area contributed by atoms with Gasteiger partial charge in [0.2, 0.25) is 5.78 Å². The lowest BCUT2D eigenvalue weighted by molar-refractivity contribution is -0.336. The van der Waals surface area contributed by atoms with E-state index in [1.54, 1.807) is 25.2 Å². The third-order valence-electron chi connectivity index (χ3n) is 10.6. The number of amides is 1. The zero-order valence-corrected chi connectivity index (χ0v) is 32.0. The minimum absolute atomic E-state index is 0.0356. The van der Waals surface area contributed by atoms with Gasteiger partial charge in [0, 0.05) is 61.8 Å². The molecule has 2 N–H and O–H groups in total. The summed E-state index contributed by atoms with van der Waals surface area (Å²) in [6, 6.07) is 0. The molecule has 0 unspecified atom stereocenters. The summed E-state index contributed by atoms with van der Waals surface area (Å²) in [5.41, 5.74) is -1.07. The van der Waals surface area contributed by atoms with E-state index in [2.05, 4.69) is 5.32 Å². The van der Waals surface area contributed by atoms with Gasteiger partial charge in [-0.3, -0.25) is 24.0 Å². The zero-order chi connectivity index (χ0) is 39.3. The van der Waals surface area contributed by atoms with E-state index in [-0.39, 0.29) is 57.6 Å². The third-order valence-corrected chi connectivity index (χ3v) is 10.6. The molecule has 4 aliphatic heterocycles. The summed E-state index contributed by atoms with van der Waals surface area (Å²) in [5.74, 6) is -8.33. The van der Waals surface area contributed by atoms with Crippen molar-refractivity contribution in [1.82, 2.24) is 5.32 Å². The Morgan fingerprint density at radius 3 is 2.21 bits per heavy atom. The number of methoxy groups -OCH3 is 1. The molecular formula is C40H49NO12. The molecule has 1 aromatic carbocycles. The van der Waals surface area contributed by atoms with Crippen molar-refractivity contribution in [3.63, 3.8) is 0 Å². The molecule has 0 saturated carbocycles. The van der Waals surface area contributed by atoms with Crippen molar-refractivity contribution >= 4 is 29.2 Å². The smallest absolute Gasteiger partial charge is 0.312 e. The van der Waals surface area contributed by atoms with Crippen LogP contribution in [0.2, 0.25) is 0 Å². The van der Waals surface area contributed by atoms with Crippen molar-refractivity contribution in [3.8, 4) is 11.5 Å². The third kappa shape index (κ3) is 7.34. The van der Waals surface area contributed by atoms with Crippen LogP contribution >= 0.6 is 0 Å². The van der Waals surface area contributed by atoms with Crippen molar-refractivity contribution in [1.29, 1.82) is 0 Å². The molecular weight excluding hydrogens is 686 g/mol. The van der Waals surface area contributed by atoms with Crippen molar-refractivity contribution in [2.24, 2.45) is 23.7 Å². The van der Waals surface area contributed by atoms with Crippen LogP contribution in [0.25, 0.3) is 0 Å². The van der Waals surface area contributed by atoms with E-state index in [1.165, 1.54) is 34.1 Å². The fraction of sp³-hybridized carbons (Fsp3) is 0.525. The molecule has 13 heteroatoms. The highest BCUT2D eigenvalue weighted by molar-refractivity contribution is 6.30. The number of phenolic OH excluding ortho intramolecular Hbond substituents is 1. The number of phenols is 1. The number of aromatic hydroxyl groups is 1. The first-order valence-electron chi connectivity index (χ1n) is 17.7. The molecule has 4 heterocycles. The molecule has 1 aliphatic carbocycles. The maximum absolute atomic E-state index is 14.0. The van der Waals surface area contributed by atoms with E-state index >= 15 is 0 Å². The lowest BCUT2D eigenvalue weighted by atomic mass is 9.77. The number of hydrogen-bond acceptors (Lipinski definition) is 12. The normalized spacial score (nSPS) is 35.2. The maximum atomic E-state index is 14.0. The second kappa shape index (κ2) is 14.7. The number of rotatable bonds is 2. The van der Waals surface area contributed by atoms with Gasteiger partial charge >= 0.3 is 11.8 Å². The number of esters is 1. The van der Waals surface area contributed by atoms with E-state index in [9.17, 15) is 29.1 Å². The standard InChI is InChI=1S/C40H49NO12/c1-18-13-12-14-19(2)38(47)41-25-17-26(43)28-29(32(25)45)31(44)21(4)36-30(28)37(46)40(10,53-36)49-16-15-27(48-11)20(3)34(50-24(7)42)23(6)35-22(5)33(18)51-39(8,9)52-35/h12-18,20,22-23,27,33-35,44H,1-11H3,(H,41,47)/b13-12+,16-15+,19-14-/t18-,20+,22-,23-,27-,33-,34+,35-,40-/m0/s1. The fourth-order valence-corrected chi connectivity index (χ4v) is 7.71. The highest BCUT2D eigenvalue weighted by atomic mass is 16.7. The van der Waals surface area contributed by atoms with Gasteiger partial charge in [-0.1, -0.05) is 45.9 Å². The number of carbonyl (C=O) groups excluding carboxylic acids is 5. The molecule has 1 fully saturated rings. The summed E-state index contributed by atoms with van der Waals surface area (Å²) in [6.45, 7) is 17.2. The Morgan fingerprint density at radius 1 is 0.906 bits per heavy atom. The van der Waals surface area contributed by atoms with E-state index < -0.39 is 76.3 Å². The minimum atomic E-state index is -2.00. The molecule has 6 rings (SSSR count). The fourth-order valence-electron chi connectivity index (χ4n) is 7.71. The Labute approximate surface area is 309 Å². The van der Waals surface area contributed by atoms with Crippen molar-refractivity contribution in [2.75, 3.05) is 7.11 Å². The van der Waals surface area contributed by atoms with Gasteiger partial charge in [0.15, 0.2) is 11.6 Å². The number of benzene rings is 1. The van der Waals surface area contributed by atoms with Gasteiger partial charge in [0.1, 0.15) is 17.6 Å². The number of Topliss-reactive ketones (excluding diaryl/α,β-unsaturated/α-hetero) is 2. The first kappa shape index (κ1) is 39.6. The molecule has 53 heavy (non-hydrogen) atoms. The number of ketones is 3. The second-order valence-electron chi connectivity index (χ2n) is 15.0. The molecule has 0 aromatic heterocycles. The molecule has 13 nitrogen and oxygen atoms in total. The summed E-state index contributed by atoms with van der Waals surface area (Å²) in [6.07, 6.45) is 6.77. The number of fused-ring (bicyclic) bond motifs is 10. The SMILES string of the molecule is CO[C@H]1/C=C/O[C@@]2(C)Oc3c(C)c(O)c4c(c3C2=O)C(=O)C=C(NC(=O)/C(C)=C\C=C\[C@H](C)[C@@H]2OC(C)(C)O[C@H]([C@@H](C)[C@H](OC(C)=O)[C@@H]1C)[C@H]2C)C4=O. The Bertz CT molecular complexity index is 1850. The maximum Gasteiger partial charge on any atom is 0.312 e. The van der Waals surface area contributed by atoms with Crippen LogP contribution < -0.4 is 10.1 Å². The van der Waals surface area contributed by atoms with Gasteiger partial charge in [0.25, 0.3) is 11.7 Å². The second-order valence-corrected chi connectivity index (χ2v) is 15.0.